The second-order valence-electron chi connectivity index (χ2n) is 13.5. The molecule has 0 amide bonds. The first-order valence-corrected chi connectivity index (χ1v) is 17.7. The van der Waals surface area contributed by atoms with Gasteiger partial charge in [0.2, 0.25) is 5.95 Å². The first-order chi connectivity index (χ1) is 25.8. The molecule has 52 heavy (non-hydrogen) atoms. The fourth-order valence-corrected chi connectivity index (χ4v) is 8.12. The van der Waals surface area contributed by atoms with Gasteiger partial charge in [0, 0.05) is 38.4 Å². The Morgan fingerprint density at radius 1 is 0.327 bits per heavy atom. The average Bonchev–Trinajstić information content (AvgIpc) is 3.73. The van der Waals surface area contributed by atoms with E-state index in [2.05, 4.69) is 185 Å². The van der Waals surface area contributed by atoms with Gasteiger partial charge in [0.25, 0.3) is 0 Å². The van der Waals surface area contributed by atoms with Crippen molar-refractivity contribution >= 4 is 65.2 Å². The lowest BCUT2D eigenvalue weighted by Gasteiger charge is -2.12. The summed E-state index contributed by atoms with van der Waals surface area (Å²) in [5.74, 6) is 0.647. The van der Waals surface area contributed by atoms with Gasteiger partial charge in [-0.1, -0.05) is 133 Å². The number of fused-ring (bicyclic) bond motifs is 9. The molecule has 0 aliphatic carbocycles. The quantitative estimate of drug-likeness (QED) is 0.188. The molecular formula is C48H30N4. The van der Waals surface area contributed by atoms with Gasteiger partial charge in [-0.2, -0.15) is 0 Å². The van der Waals surface area contributed by atoms with Crippen LogP contribution in [0.2, 0.25) is 0 Å². The van der Waals surface area contributed by atoms with Crippen LogP contribution >= 0.6 is 0 Å². The van der Waals surface area contributed by atoms with Gasteiger partial charge < -0.3 is 4.57 Å². The van der Waals surface area contributed by atoms with Crippen LogP contribution < -0.4 is 0 Å². The minimum absolute atomic E-state index is 0.647. The average molecular weight is 663 g/mol. The van der Waals surface area contributed by atoms with E-state index in [0.717, 1.165) is 39.2 Å². The number of aromatic nitrogens is 4. The van der Waals surface area contributed by atoms with Crippen LogP contribution in [0.15, 0.2) is 182 Å². The Balaban J connectivity index is 1.22. The second kappa shape index (κ2) is 11.2. The van der Waals surface area contributed by atoms with Gasteiger partial charge in [-0.3, -0.25) is 4.57 Å². The normalized spacial score (nSPS) is 11.8. The lowest BCUT2D eigenvalue weighted by atomic mass is 10.0. The molecule has 11 aromatic rings. The Hall–Kier alpha value is -7.04. The number of para-hydroxylation sites is 2. The van der Waals surface area contributed by atoms with E-state index in [9.17, 15) is 0 Å². The molecule has 0 N–H and O–H groups in total. The third-order valence-corrected chi connectivity index (χ3v) is 10.5. The maximum atomic E-state index is 5.35. The fraction of sp³-hybridized carbons (Fsp3) is 0. The fourth-order valence-electron chi connectivity index (χ4n) is 8.12. The van der Waals surface area contributed by atoms with Crippen molar-refractivity contribution in [3.8, 4) is 34.2 Å². The van der Waals surface area contributed by atoms with Crippen LogP contribution in [0.1, 0.15) is 0 Å². The van der Waals surface area contributed by atoms with Crippen molar-refractivity contribution in [2.75, 3.05) is 0 Å². The summed E-state index contributed by atoms with van der Waals surface area (Å²) in [6.45, 7) is 0. The molecule has 11 rings (SSSR count). The van der Waals surface area contributed by atoms with E-state index in [1.807, 2.05) is 6.07 Å². The SMILES string of the molecule is c1ccc(-c2cc(-c3ccc4ccccc4c3)nc(-n3c4ccccc4c4c5c6ccccc6n(-c6ccc7ccccc7c6)c5ccc43)n2)cc1. The summed E-state index contributed by atoms with van der Waals surface area (Å²) in [7, 11) is 0. The lowest BCUT2D eigenvalue weighted by molar-refractivity contribution is 0.996. The number of rotatable bonds is 4. The Morgan fingerprint density at radius 3 is 1.54 bits per heavy atom. The topological polar surface area (TPSA) is 35.6 Å². The van der Waals surface area contributed by atoms with Gasteiger partial charge in [0.1, 0.15) is 0 Å². The van der Waals surface area contributed by atoms with E-state index in [4.69, 9.17) is 9.97 Å². The highest BCUT2D eigenvalue weighted by Gasteiger charge is 2.22. The molecule has 0 spiro atoms. The lowest BCUT2D eigenvalue weighted by Crippen LogP contribution is -2.04. The zero-order chi connectivity index (χ0) is 34.2. The number of nitrogens with zero attached hydrogens (tertiary/aromatic N) is 4. The predicted molar refractivity (Wildman–Crippen MR) is 217 cm³/mol. The number of hydrogen-bond acceptors (Lipinski definition) is 2. The highest BCUT2D eigenvalue weighted by Crippen LogP contribution is 2.42. The summed E-state index contributed by atoms with van der Waals surface area (Å²) in [5, 5.41) is 9.66. The molecule has 8 aromatic carbocycles. The van der Waals surface area contributed by atoms with E-state index in [0.29, 0.717) is 5.95 Å². The Kier molecular flexibility index (Phi) is 6.22. The third kappa shape index (κ3) is 4.34. The summed E-state index contributed by atoms with van der Waals surface area (Å²) in [6, 6.07) is 64.9. The predicted octanol–water partition coefficient (Wildman–Crippen LogP) is 12.3. The molecule has 0 saturated heterocycles. The van der Waals surface area contributed by atoms with Gasteiger partial charge in [-0.25, -0.2) is 9.97 Å². The minimum atomic E-state index is 0.647. The maximum Gasteiger partial charge on any atom is 0.235 e. The largest absolute Gasteiger partial charge is 0.309 e. The molecule has 242 valence electrons. The summed E-state index contributed by atoms with van der Waals surface area (Å²) in [6.07, 6.45) is 0. The molecular weight excluding hydrogens is 633 g/mol. The molecule has 0 aliphatic rings. The first kappa shape index (κ1) is 28.8. The van der Waals surface area contributed by atoms with Crippen LogP contribution in [-0.4, -0.2) is 19.1 Å². The van der Waals surface area contributed by atoms with Crippen molar-refractivity contribution in [3.63, 3.8) is 0 Å². The molecule has 0 unspecified atom stereocenters. The maximum absolute atomic E-state index is 5.35. The summed E-state index contributed by atoms with van der Waals surface area (Å²) >= 11 is 0. The van der Waals surface area contributed by atoms with Gasteiger partial charge in [0.05, 0.1) is 33.5 Å². The minimum Gasteiger partial charge on any atom is -0.309 e. The Labute approximate surface area is 299 Å². The zero-order valence-corrected chi connectivity index (χ0v) is 28.1. The van der Waals surface area contributed by atoms with Gasteiger partial charge in [-0.15, -0.1) is 0 Å². The molecule has 0 atom stereocenters. The van der Waals surface area contributed by atoms with Crippen LogP contribution in [0.4, 0.5) is 0 Å². The van der Waals surface area contributed by atoms with Crippen LogP contribution in [0.5, 0.6) is 0 Å². The van der Waals surface area contributed by atoms with E-state index in [1.54, 1.807) is 0 Å². The Bertz CT molecular complexity index is 3190. The molecule has 4 heteroatoms. The molecule has 0 fully saturated rings. The standard InChI is InChI=1S/C48H30N4/c1-2-14-33(15-3-1)40-30-41(36-23-22-31-12-4-6-16-34(31)28-36)50-48(49-40)52-43-21-11-9-19-39(43)47-45(52)27-26-44-46(47)38-18-8-10-20-42(38)51(44)37-25-24-32-13-5-7-17-35(32)29-37/h1-30H. The molecule has 0 bridgehead atoms. The van der Waals surface area contributed by atoms with Crippen LogP contribution in [0, 0.1) is 0 Å². The van der Waals surface area contributed by atoms with E-state index in [-0.39, 0.29) is 0 Å². The van der Waals surface area contributed by atoms with E-state index >= 15 is 0 Å². The molecule has 4 nitrogen and oxygen atoms in total. The third-order valence-electron chi connectivity index (χ3n) is 10.5. The van der Waals surface area contributed by atoms with E-state index < -0.39 is 0 Å². The molecule has 0 saturated carbocycles. The summed E-state index contributed by atoms with van der Waals surface area (Å²) in [5.41, 5.74) is 9.51. The van der Waals surface area contributed by atoms with Gasteiger partial charge in [-0.05, 0) is 70.1 Å². The zero-order valence-electron chi connectivity index (χ0n) is 28.1. The van der Waals surface area contributed by atoms with Crippen molar-refractivity contribution in [1.29, 1.82) is 0 Å². The van der Waals surface area contributed by atoms with Crippen molar-refractivity contribution in [2.24, 2.45) is 0 Å². The van der Waals surface area contributed by atoms with Crippen LogP contribution in [0.25, 0.3) is 99.3 Å². The van der Waals surface area contributed by atoms with Gasteiger partial charge in [0.15, 0.2) is 0 Å². The van der Waals surface area contributed by atoms with Crippen molar-refractivity contribution in [2.45, 2.75) is 0 Å². The van der Waals surface area contributed by atoms with Crippen molar-refractivity contribution in [3.05, 3.63) is 182 Å². The second-order valence-corrected chi connectivity index (χ2v) is 13.5. The van der Waals surface area contributed by atoms with Crippen LogP contribution in [-0.2, 0) is 0 Å². The van der Waals surface area contributed by atoms with E-state index in [1.165, 1.54) is 54.1 Å². The highest BCUT2D eigenvalue weighted by molar-refractivity contribution is 6.28. The molecule has 3 heterocycles. The number of benzene rings is 8. The molecule has 0 radical (unpaired) electrons. The Morgan fingerprint density at radius 2 is 0.846 bits per heavy atom. The smallest absolute Gasteiger partial charge is 0.235 e. The van der Waals surface area contributed by atoms with Crippen LogP contribution in [0.3, 0.4) is 0 Å². The highest BCUT2D eigenvalue weighted by atomic mass is 15.2. The first-order valence-electron chi connectivity index (χ1n) is 17.7. The van der Waals surface area contributed by atoms with Crippen molar-refractivity contribution < 1.29 is 0 Å². The monoisotopic (exact) mass is 662 g/mol. The number of hydrogen-bond donors (Lipinski definition) is 0. The molecule has 3 aromatic heterocycles. The molecule has 0 aliphatic heterocycles. The summed E-state index contributed by atoms with van der Waals surface area (Å²) in [4.78, 5) is 10.7. The summed E-state index contributed by atoms with van der Waals surface area (Å²) < 4.78 is 4.66. The van der Waals surface area contributed by atoms with Crippen molar-refractivity contribution in [1.82, 2.24) is 19.1 Å². The van der Waals surface area contributed by atoms with Gasteiger partial charge >= 0.3 is 0 Å².